The molecule has 0 saturated heterocycles. The van der Waals surface area contributed by atoms with Crippen LogP contribution in [0.1, 0.15) is 73.5 Å². The number of hydrogen-bond donors (Lipinski definition) is 1. The standard InChI is InChI=1S/C24H30ClN3O/c1-6-11-28-22-13-21(25)19(12-20(22)17(3)14-24(28,4)5)15-26-27-23(29)18-9-7-16(2)8-10-18/h7-10,12-13,15,17H,6,11,14H2,1-5H3,(H,27,29)/b26-15-. The second kappa shape index (κ2) is 8.58. The molecule has 3 rings (SSSR count). The van der Waals surface area contributed by atoms with Crippen LogP contribution >= 0.6 is 11.6 Å². The van der Waals surface area contributed by atoms with E-state index in [1.165, 1.54) is 11.3 Å². The van der Waals surface area contributed by atoms with Gasteiger partial charge in [0, 0.05) is 28.9 Å². The van der Waals surface area contributed by atoms with Gasteiger partial charge in [-0.25, -0.2) is 5.43 Å². The second-order valence-electron chi connectivity index (χ2n) is 8.57. The molecule has 1 heterocycles. The molecule has 0 fully saturated rings. The molecule has 0 bridgehead atoms. The molecule has 2 aromatic rings. The van der Waals surface area contributed by atoms with Gasteiger partial charge in [-0.15, -0.1) is 0 Å². The zero-order chi connectivity index (χ0) is 21.2. The van der Waals surface area contributed by atoms with E-state index < -0.39 is 0 Å². The molecule has 1 aliphatic rings. The van der Waals surface area contributed by atoms with Crippen molar-refractivity contribution in [3.63, 3.8) is 0 Å². The van der Waals surface area contributed by atoms with Crippen LogP contribution in [0.5, 0.6) is 0 Å². The Morgan fingerprint density at radius 3 is 2.66 bits per heavy atom. The Kier molecular flexibility index (Phi) is 6.33. The van der Waals surface area contributed by atoms with E-state index in [9.17, 15) is 4.79 Å². The van der Waals surface area contributed by atoms with Crippen LogP contribution in [0, 0.1) is 6.92 Å². The Morgan fingerprint density at radius 2 is 2.00 bits per heavy atom. The van der Waals surface area contributed by atoms with Gasteiger partial charge < -0.3 is 4.90 Å². The lowest BCUT2D eigenvalue weighted by Crippen LogP contribution is -2.48. The zero-order valence-corrected chi connectivity index (χ0v) is 18.7. The molecule has 0 aliphatic carbocycles. The molecule has 0 saturated carbocycles. The fraction of sp³-hybridized carbons (Fsp3) is 0.417. The van der Waals surface area contributed by atoms with Gasteiger partial charge in [0.15, 0.2) is 0 Å². The molecule has 1 aliphatic heterocycles. The summed E-state index contributed by atoms with van der Waals surface area (Å²) in [7, 11) is 0. The minimum Gasteiger partial charge on any atom is -0.366 e. The van der Waals surface area contributed by atoms with Gasteiger partial charge in [0.05, 0.1) is 11.2 Å². The maximum atomic E-state index is 12.2. The summed E-state index contributed by atoms with van der Waals surface area (Å²) >= 11 is 6.59. The number of hydrogen-bond acceptors (Lipinski definition) is 3. The van der Waals surface area contributed by atoms with Crippen LogP contribution < -0.4 is 10.3 Å². The van der Waals surface area contributed by atoms with Crippen molar-refractivity contribution in [1.29, 1.82) is 0 Å². The first-order valence-electron chi connectivity index (χ1n) is 10.2. The van der Waals surface area contributed by atoms with E-state index in [2.05, 4.69) is 49.2 Å². The molecule has 1 atom stereocenters. The van der Waals surface area contributed by atoms with E-state index in [4.69, 9.17) is 11.6 Å². The summed E-state index contributed by atoms with van der Waals surface area (Å²) in [6, 6.07) is 11.6. The number of fused-ring (bicyclic) bond motifs is 1. The molecule has 5 heteroatoms. The largest absolute Gasteiger partial charge is 0.366 e. The summed E-state index contributed by atoms with van der Waals surface area (Å²) in [5.74, 6) is 0.194. The van der Waals surface area contributed by atoms with Crippen LogP contribution in [0.2, 0.25) is 5.02 Å². The molecule has 154 valence electrons. The summed E-state index contributed by atoms with van der Waals surface area (Å²) in [6.45, 7) is 12.0. The third kappa shape index (κ3) is 4.64. The van der Waals surface area contributed by atoms with Crippen molar-refractivity contribution in [2.75, 3.05) is 11.4 Å². The Bertz CT molecular complexity index is 918. The lowest BCUT2D eigenvalue weighted by atomic mass is 9.79. The van der Waals surface area contributed by atoms with E-state index in [0.717, 1.165) is 30.5 Å². The molecule has 0 spiro atoms. The van der Waals surface area contributed by atoms with Crippen molar-refractivity contribution < 1.29 is 4.79 Å². The number of halogens is 1. The maximum absolute atomic E-state index is 12.2. The number of rotatable bonds is 5. The smallest absolute Gasteiger partial charge is 0.271 e. The van der Waals surface area contributed by atoms with Gasteiger partial charge in [-0.3, -0.25) is 4.79 Å². The van der Waals surface area contributed by atoms with Crippen molar-refractivity contribution in [1.82, 2.24) is 5.43 Å². The van der Waals surface area contributed by atoms with Gasteiger partial charge in [-0.2, -0.15) is 5.10 Å². The van der Waals surface area contributed by atoms with Crippen molar-refractivity contribution in [2.45, 2.75) is 58.9 Å². The lowest BCUT2D eigenvalue weighted by molar-refractivity contribution is 0.0955. The number of nitrogens with one attached hydrogen (secondary N) is 1. The predicted octanol–water partition coefficient (Wildman–Crippen LogP) is 5.91. The van der Waals surface area contributed by atoms with E-state index >= 15 is 0 Å². The third-order valence-corrected chi connectivity index (χ3v) is 5.96. The van der Waals surface area contributed by atoms with E-state index in [1.807, 2.05) is 25.1 Å². The van der Waals surface area contributed by atoms with Crippen LogP contribution in [-0.4, -0.2) is 24.2 Å². The number of hydrazone groups is 1. The number of carbonyl (C=O) groups excluding carboxylic acids is 1. The number of nitrogens with zero attached hydrogens (tertiary/aromatic N) is 2. The first-order chi connectivity index (χ1) is 13.7. The fourth-order valence-corrected chi connectivity index (χ4v) is 4.40. The minimum atomic E-state index is -0.237. The van der Waals surface area contributed by atoms with Crippen molar-refractivity contribution in [3.05, 3.63) is 63.7 Å². The minimum absolute atomic E-state index is 0.101. The molecule has 1 N–H and O–H groups in total. The van der Waals surface area contributed by atoms with Crippen molar-refractivity contribution >= 4 is 29.4 Å². The zero-order valence-electron chi connectivity index (χ0n) is 17.9. The number of anilines is 1. The average molecular weight is 412 g/mol. The molecular formula is C24H30ClN3O. The first kappa shape index (κ1) is 21.4. The topological polar surface area (TPSA) is 44.7 Å². The second-order valence-corrected chi connectivity index (χ2v) is 8.97. The van der Waals surface area contributed by atoms with Crippen molar-refractivity contribution in [3.8, 4) is 0 Å². The predicted molar refractivity (Wildman–Crippen MR) is 122 cm³/mol. The normalized spacial score (nSPS) is 18.0. The molecular weight excluding hydrogens is 382 g/mol. The summed E-state index contributed by atoms with van der Waals surface area (Å²) < 4.78 is 0. The van der Waals surface area contributed by atoms with Crippen LogP contribution in [0.15, 0.2) is 41.5 Å². The summed E-state index contributed by atoms with van der Waals surface area (Å²) in [5, 5.41) is 4.78. The van der Waals surface area contributed by atoms with Gasteiger partial charge in [0.25, 0.3) is 5.91 Å². The van der Waals surface area contributed by atoms with Gasteiger partial charge in [-0.05, 0) is 69.4 Å². The average Bonchev–Trinajstić information content (AvgIpc) is 2.66. The van der Waals surface area contributed by atoms with Gasteiger partial charge >= 0.3 is 0 Å². The number of aryl methyl sites for hydroxylation is 1. The molecule has 29 heavy (non-hydrogen) atoms. The van der Waals surface area contributed by atoms with Crippen LogP contribution in [0.3, 0.4) is 0 Å². The van der Waals surface area contributed by atoms with Crippen LogP contribution in [0.4, 0.5) is 5.69 Å². The summed E-state index contributed by atoms with van der Waals surface area (Å²) in [4.78, 5) is 14.7. The lowest BCUT2D eigenvalue weighted by Gasteiger charge is -2.47. The number of carbonyl (C=O) groups is 1. The number of benzene rings is 2. The highest BCUT2D eigenvalue weighted by atomic mass is 35.5. The Balaban J connectivity index is 1.83. The molecule has 1 amide bonds. The van der Waals surface area contributed by atoms with Gasteiger partial charge in [0.1, 0.15) is 0 Å². The highest BCUT2D eigenvalue weighted by Gasteiger charge is 2.36. The van der Waals surface area contributed by atoms with E-state index in [-0.39, 0.29) is 11.4 Å². The molecule has 2 aromatic carbocycles. The molecule has 0 radical (unpaired) electrons. The van der Waals surface area contributed by atoms with Crippen LogP contribution in [-0.2, 0) is 0 Å². The highest BCUT2D eigenvalue weighted by Crippen LogP contribution is 2.45. The van der Waals surface area contributed by atoms with E-state index in [1.54, 1.807) is 18.3 Å². The first-order valence-corrected chi connectivity index (χ1v) is 10.6. The molecule has 1 unspecified atom stereocenters. The summed E-state index contributed by atoms with van der Waals surface area (Å²) in [5.41, 5.74) is 7.69. The molecule has 4 nitrogen and oxygen atoms in total. The third-order valence-electron chi connectivity index (χ3n) is 5.63. The highest BCUT2D eigenvalue weighted by molar-refractivity contribution is 6.33. The van der Waals surface area contributed by atoms with Gasteiger partial charge in [0.2, 0.25) is 0 Å². The maximum Gasteiger partial charge on any atom is 0.271 e. The Labute approximate surface area is 179 Å². The monoisotopic (exact) mass is 411 g/mol. The van der Waals surface area contributed by atoms with Crippen LogP contribution in [0.25, 0.3) is 0 Å². The fourth-order valence-electron chi connectivity index (χ4n) is 4.20. The van der Waals surface area contributed by atoms with E-state index in [0.29, 0.717) is 16.5 Å². The SMILES string of the molecule is CCCN1c2cc(Cl)c(/C=N\NC(=O)c3ccc(C)cc3)cc2C(C)CC1(C)C. The summed E-state index contributed by atoms with van der Waals surface area (Å²) in [6.07, 6.45) is 3.80. The Morgan fingerprint density at radius 1 is 1.31 bits per heavy atom. The Hall–Kier alpha value is -2.33. The van der Waals surface area contributed by atoms with Gasteiger partial charge in [-0.1, -0.05) is 43.1 Å². The number of amides is 1. The quantitative estimate of drug-likeness (QED) is 0.490. The molecule has 0 aromatic heterocycles. The van der Waals surface area contributed by atoms with Crippen molar-refractivity contribution in [2.24, 2.45) is 5.10 Å².